The van der Waals surface area contributed by atoms with Crippen molar-refractivity contribution in [3.8, 4) is 11.4 Å². The number of hydrogen-bond donors (Lipinski definition) is 4. The molecule has 16 heteroatoms. The molecule has 0 spiro atoms. The van der Waals surface area contributed by atoms with Crippen LogP contribution in [0, 0.1) is 11.2 Å². The molecule has 3 saturated heterocycles. The van der Waals surface area contributed by atoms with Gasteiger partial charge in [-0.15, -0.1) is 0 Å². The average Bonchev–Trinajstić information content (AvgIpc) is 3.98. The van der Waals surface area contributed by atoms with E-state index in [0.717, 1.165) is 79.8 Å². The van der Waals surface area contributed by atoms with Crippen LogP contribution >= 0.6 is 0 Å². The zero-order valence-electron chi connectivity index (χ0n) is 32.0. The van der Waals surface area contributed by atoms with E-state index in [9.17, 15) is 23.6 Å². The Hall–Kier alpha value is -6.26. The third kappa shape index (κ3) is 8.38. The fourth-order valence-electron chi connectivity index (χ4n) is 8.01. The van der Waals surface area contributed by atoms with Crippen LogP contribution < -0.4 is 15.5 Å². The summed E-state index contributed by atoms with van der Waals surface area (Å²) >= 11 is 0. The number of likely N-dealkylation sites (tertiary alicyclic amines) is 1. The highest BCUT2D eigenvalue weighted by molar-refractivity contribution is 6.23. The van der Waals surface area contributed by atoms with Crippen molar-refractivity contribution in [1.29, 1.82) is 5.41 Å². The minimum Gasteiger partial charge on any atom is -0.383 e. The van der Waals surface area contributed by atoms with Gasteiger partial charge in [0.1, 0.15) is 29.3 Å². The number of benzene rings is 2. The Bertz CT molecular complexity index is 2250. The monoisotopic (exact) mass is 788 g/mol. The van der Waals surface area contributed by atoms with Gasteiger partial charge in [0.25, 0.3) is 11.8 Å². The Balaban J connectivity index is 0.755. The first kappa shape index (κ1) is 38.6. The van der Waals surface area contributed by atoms with E-state index in [4.69, 9.17) is 15.1 Å². The van der Waals surface area contributed by atoms with Crippen LogP contribution in [0.5, 0.6) is 0 Å². The van der Waals surface area contributed by atoms with Gasteiger partial charge in [0.05, 0.1) is 48.0 Å². The number of imidazole rings is 1. The average molecular weight is 789 g/mol. The summed E-state index contributed by atoms with van der Waals surface area (Å²) in [4.78, 5) is 70.2. The van der Waals surface area contributed by atoms with Gasteiger partial charge in [-0.2, -0.15) is 0 Å². The Morgan fingerprint density at radius 3 is 2.59 bits per heavy atom. The van der Waals surface area contributed by atoms with E-state index < -0.39 is 29.7 Å². The van der Waals surface area contributed by atoms with Crippen LogP contribution in [0.15, 0.2) is 72.9 Å². The lowest BCUT2D eigenvalue weighted by atomic mass is 10.0. The zero-order chi connectivity index (χ0) is 40.2. The molecule has 0 bridgehead atoms. The number of rotatable bonds is 13. The maximum atomic E-state index is 13.9. The number of amidine groups is 1. The second-order valence-electron chi connectivity index (χ2n) is 14.8. The number of imide groups is 2. The number of halogens is 1. The lowest BCUT2D eigenvalue weighted by Crippen LogP contribution is -2.54. The molecule has 300 valence electrons. The number of pyridine rings is 1. The van der Waals surface area contributed by atoms with Crippen molar-refractivity contribution in [2.75, 3.05) is 69.2 Å². The lowest BCUT2D eigenvalue weighted by molar-refractivity contribution is -0.136. The summed E-state index contributed by atoms with van der Waals surface area (Å²) in [6.07, 6.45) is 7.29. The van der Waals surface area contributed by atoms with E-state index >= 15 is 0 Å². The Morgan fingerprint density at radius 1 is 0.931 bits per heavy atom. The van der Waals surface area contributed by atoms with Crippen LogP contribution in [-0.4, -0.2) is 124 Å². The summed E-state index contributed by atoms with van der Waals surface area (Å²) in [7, 11) is 0. The van der Waals surface area contributed by atoms with Gasteiger partial charge in [-0.05, 0) is 79.4 Å². The molecule has 6 heterocycles. The van der Waals surface area contributed by atoms with Crippen molar-refractivity contribution >= 4 is 47.0 Å². The third-order valence-electron chi connectivity index (χ3n) is 11.1. The fourth-order valence-corrected chi connectivity index (χ4v) is 8.01. The SMILES string of the molecule is N=C(/C=C\c1ncc(-c2cccc(N3CCN(CCOCCNc4ccc5c(c4)C(=O)N(C4CCC(=O)NC4=O)C5=O)CC3)n2)[nH]1)N1CCC[C@@H]1c1cccc(F)c1. The number of ether oxygens (including phenoxy) is 1. The topological polar surface area (TPSA) is 180 Å². The van der Waals surface area contributed by atoms with Crippen LogP contribution in [0.4, 0.5) is 15.9 Å². The quantitative estimate of drug-likeness (QED) is 0.0664. The van der Waals surface area contributed by atoms with Crippen LogP contribution in [-0.2, 0) is 14.3 Å². The summed E-state index contributed by atoms with van der Waals surface area (Å²) in [5.74, 6) is -0.488. The summed E-state index contributed by atoms with van der Waals surface area (Å²) in [5.41, 5.74) is 3.59. The molecule has 0 radical (unpaired) electrons. The van der Waals surface area contributed by atoms with E-state index in [1.54, 1.807) is 48.7 Å². The summed E-state index contributed by atoms with van der Waals surface area (Å²) in [5, 5.41) is 14.1. The second kappa shape index (κ2) is 17.1. The maximum Gasteiger partial charge on any atom is 0.262 e. The van der Waals surface area contributed by atoms with Gasteiger partial charge in [-0.25, -0.2) is 14.4 Å². The highest BCUT2D eigenvalue weighted by atomic mass is 19.1. The molecular formula is C42H45FN10O5. The minimum absolute atomic E-state index is 0.0185. The maximum absolute atomic E-state index is 13.9. The molecule has 4 amide bonds. The number of hydrogen-bond acceptors (Lipinski definition) is 11. The number of amides is 4. The number of carbonyl (C=O) groups excluding carboxylic acids is 4. The zero-order valence-corrected chi connectivity index (χ0v) is 32.0. The highest BCUT2D eigenvalue weighted by Crippen LogP contribution is 2.33. The predicted octanol–water partition coefficient (Wildman–Crippen LogP) is 4.09. The van der Waals surface area contributed by atoms with Crippen molar-refractivity contribution < 1.29 is 28.3 Å². The van der Waals surface area contributed by atoms with Crippen LogP contribution in [0.3, 0.4) is 0 Å². The van der Waals surface area contributed by atoms with Gasteiger partial charge < -0.3 is 24.8 Å². The van der Waals surface area contributed by atoms with Gasteiger partial charge in [0.15, 0.2) is 0 Å². The highest BCUT2D eigenvalue weighted by Gasteiger charge is 2.44. The number of fused-ring (bicyclic) bond motifs is 1. The molecular weight excluding hydrogens is 744 g/mol. The minimum atomic E-state index is -0.994. The molecule has 2 atom stereocenters. The first-order valence-electron chi connectivity index (χ1n) is 19.7. The molecule has 4 aromatic rings. The summed E-state index contributed by atoms with van der Waals surface area (Å²) in [6.45, 7) is 6.44. The number of anilines is 2. The third-order valence-corrected chi connectivity index (χ3v) is 11.1. The first-order chi connectivity index (χ1) is 28.2. The van der Waals surface area contributed by atoms with Crippen LogP contribution in [0.1, 0.15) is 63.8 Å². The number of piperidine rings is 1. The van der Waals surface area contributed by atoms with Gasteiger partial charge in [0, 0.05) is 57.9 Å². The van der Waals surface area contributed by atoms with Crippen molar-refractivity contribution in [3.63, 3.8) is 0 Å². The number of piperazine rings is 1. The van der Waals surface area contributed by atoms with Gasteiger partial charge in [-0.1, -0.05) is 18.2 Å². The summed E-state index contributed by atoms with van der Waals surface area (Å²) < 4.78 is 19.8. The van der Waals surface area contributed by atoms with E-state index in [2.05, 4.69) is 30.4 Å². The number of aromatic amines is 1. The van der Waals surface area contributed by atoms with E-state index in [1.165, 1.54) is 6.07 Å². The van der Waals surface area contributed by atoms with Crippen molar-refractivity contribution in [1.82, 2.24) is 35.0 Å². The lowest BCUT2D eigenvalue weighted by Gasteiger charge is -2.35. The first-order valence-corrected chi connectivity index (χ1v) is 19.7. The number of H-pyrrole nitrogens is 1. The summed E-state index contributed by atoms with van der Waals surface area (Å²) in [6, 6.07) is 16.5. The Labute approximate surface area is 334 Å². The number of aromatic nitrogens is 3. The molecule has 3 fully saturated rings. The normalized spacial score (nSPS) is 20.0. The molecule has 4 aliphatic heterocycles. The Morgan fingerprint density at radius 2 is 1.76 bits per heavy atom. The molecule has 58 heavy (non-hydrogen) atoms. The number of carbonyl (C=O) groups is 4. The molecule has 15 nitrogen and oxygen atoms in total. The standard InChI is InChI=1S/C42H45FN10O5/c43-28-5-1-4-27(24-28)34-7-3-16-52(34)36(44)12-13-37-46-26-33(47-37)32-6-2-8-38(48-32)51-19-17-50(18-20-51)21-23-58-22-15-45-29-9-10-30-31(25-29)42(57)53(41(30)56)35-11-14-39(54)49-40(35)55/h1-2,4-6,8-10,12-13,24-26,34-35,44-45H,3,7,11,14-23H2,(H,46,47)(H,49,54,55)/b13-12-,44-36?/t34-,35?/m1/s1. The second-order valence-corrected chi connectivity index (χ2v) is 14.8. The van der Waals surface area contributed by atoms with Crippen LogP contribution in [0.25, 0.3) is 17.5 Å². The van der Waals surface area contributed by atoms with Gasteiger partial charge in [0.2, 0.25) is 11.8 Å². The molecule has 2 aromatic heterocycles. The van der Waals surface area contributed by atoms with Crippen molar-refractivity contribution in [2.24, 2.45) is 0 Å². The molecule has 8 rings (SSSR count). The van der Waals surface area contributed by atoms with Gasteiger partial charge >= 0.3 is 0 Å². The Kier molecular flexibility index (Phi) is 11.4. The number of nitrogens with zero attached hydrogens (tertiary/aromatic N) is 6. The van der Waals surface area contributed by atoms with E-state index in [1.807, 2.05) is 29.2 Å². The van der Waals surface area contributed by atoms with E-state index in [0.29, 0.717) is 37.1 Å². The van der Waals surface area contributed by atoms with Crippen molar-refractivity contribution in [2.45, 2.75) is 37.8 Å². The molecule has 4 aliphatic rings. The smallest absolute Gasteiger partial charge is 0.262 e. The fraction of sp³-hybridized carbons (Fsp3) is 0.357. The van der Waals surface area contributed by atoms with E-state index in [-0.39, 0.29) is 35.8 Å². The predicted molar refractivity (Wildman–Crippen MR) is 215 cm³/mol. The molecule has 2 aromatic carbocycles. The van der Waals surface area contributed by atoms with Crippen molar-refractivity contribution in [3.05, 3.63) is 101 Å². The molecule has 1 unspecified atom stereocenters. The molecule has 4 N–H and O–H groups in total. The molecule has 0 saturated carbocycles. The molecule has 0 aliphatic carbocycles. The number of nitrogens with one attached hydrogen (secondary N) is 4. The largest absolute Gasteiger partial charge is 0.383 e. The van der Waals surface area contributed by atoms with Crippen LogP contribution in [0.2, 0.25) is 0 Å². The van der Waals surface area contributed by atoms with Gasteiger partial charge in [-0.3, -0.25) is 39.7 Å².